The molecule has 1 aromatic carbocycles. The molecule has 1 aliphatic heterocycles. The highest BCUT2D eigenvalue weighted by Crippen LogP contribution is 2.42. The van der Waals surface area contributed by atoms with Crippen LogP contribution in [-0.2, 0) is 16.1 Å². The van der Waals surface area contributed by atoms with E-state index < -0.39 is 0 Å². The Morgan fingerprint density at radius 3 is 2.74 bits per heavy atom. The molecular formula is C21H33N3O3. The van der Waals surface area contributed by atoms with E-state index in [1.807, 2.05) is 29.2 Å². The van der Waals surface area contributed by atoms with Gasteiger partial charge in [0, 0.05) is 45.2 Å². The van der Waals surface area contributed by atoms with E-state index in [2.05, 4.69) is 17.3 Å². The van der Waals surface area contributed by atoms with Crippen molar-refractivity contribution >= 4 is 5.91 Å². The highest BCUT2D eigenvalue weighted by atomic mass is 16.5. The first kappa shape index (κ1) is 20.1. The maximum atomic E-state index is 12.5. The van der Waals surface area contributed by atoms with Crippen LogP contribution in [0.1, 0.15) is 24.8 Å². The van der Waals surface area contributed by atoms with Gasteiger partial charge in [-0.05, 0) is 37.6 Å². The van der Waals surface area contributed by atoms with Gasteiger partial charge in [-0.25, -0.2) is 0 Å². The van der Waals surface area contributed by atoms with Crippen LogP contribution in [0.15, 0.2) is 24.3 Å². The quantitative estimate of drug-likeness (QED) is 0.713. The minimum atomic E-state index is 0.162. The van der Waals surface area contributed by atoms with Gasteiger partial charge in [-0.3, -0.25) is 9.69 Å². The predicted molar refractivity (Wildman–Crippen MR) is 106 cm³/mol. The van der Waals surface area contributed by atoms with E-state index in [1.165, 1.54) is 6.42 Å². The lowest BCUT2D eigenvalue weighted by molar-refractivity contribution is -0.133. The number of carbonyl (C=O) groups excluding carboxylic acids is 1. The molecule has 1 heterocycles. The summed E-state index contributed by atoms with van der Waals surface area (Å²) in [6.07, 6.45) is 3.57. The minimum Gasteiger partial charge on any atom is -0.493 e. The lowest BCUT2D eigenvalue weighted by atomic mass is 9.69. The summed E-state index contributed by atoms with van der Waals surface area (Å²) < 4.78 is 11.3. The Balaban J connectivity index is 1.49. The van der Waals surface area contributed by atoms with Crippen LogP contribution < -0.4 is 10.1 Å². The first-order valence-corrected chi connectivity index (χ1v) is 9.98. The number of likely N-dealkylation sites (N-methyl/N-ethyl adjacent to an activating group) is 1. The second-order valence-electron chi connectivity index (χ2n) is 8.03. The molecule has 1 aliphatic carbocycles. The second-order valence-corrected chi connectivity index (χ2v) is 8.03. The van der Waals surface area contributed by atoms with Gasteiger partial charge in [-0.1, -0.05) is 18.6 Å². The summed E-state index contributed by atoms with van der Waals surface area (Å²) in [7, 11) is 3.76. The summed E-state index contributed by atoms with van der Waals surface area (Å²) in [5, 5.41) is 3.29. The smallest absolute Gasteiger partial charge is 0.236 e. The Kier molecular flexibility index (Phi) is 7.10. The third-order valence-corrected chi connectivity index (χ3v) is 5.65. The molecule has 0 radical (unpaired) electrons. The van der Waals surface area contributed by atoms with Crippen molar-refractivity contribution in [1.29, 1.82) is 0 Å². The lowest BCUT2D eigenvalue weighted by Gasteiger charge is -2.44. The molecule has 2 aliphatic rings. The highest BCUT2D eigenvalue weighted by Gasteiger charge is 2.39. The van der Waals surface area contributed by atoms with Crippen LogP contribution in [0.5, 0.6) is 5.75 Å². The molecule has 1 amide bonds. The fourth-order valence-corrected chi connectivity index (χ4v) is 4.03. The summed E-state index contributed by atoms with van der Waals surface area (Å²) in [6, 6.07) is 8.11. The summed E-state index contributed by atoms with van der Waals surface area (Å²) in [6.45, 7) is 6.13. The molecule has 0 aromatic heterocycles. The third-order valence-electron chi connectivity index (χ3n) is 5.65. The van der Waals surface area contributed by atoms with Gasteiger partial charge in [0.1, 0.15) is 5.75 Å². The van der Waals surface area contributed by atoms with Gasteiger partial charge in [0.25, 0.3) is 0 Å². The molecule has 0 atom stereocenters. The Morgan fingerprint density at radius 2 is 2.07 bits per heavy atom. The summed E-state index contributed by atoms with van der Waals surface area (Å²) >= 11 is 0. The van der Waals surface area contributed by atoms with E-state index in [0.717, 1.165) is 56.9 Å². The zero-order valence-electron chi connectivity index (χ0n) is 16.7. The maximum Gasteiger partial charge on any atom is 0.236 e. The molecular weight excluding hydrogens is 342 g/mol. The number of rotatable bonds is 9. The summed E-state index contributed by atoms with van der Waals surface area (Å²) in [5.74, 6) is 1.14. The van der Waals surface area contributed by atoms with Gasteiger partial charge in [0.15, 0.2) is 0 Å². The van der Waals surface area contributed by atoms with Gasteiger partial charge in [-0.15, -0.1) is 0 Å². The number of ether oxygens (including phenoxy) is 2. The van der Waals surface area contributed by atoms with E-state index in [9.17, 15) is 4.79 Å². The molecule has 1 aromatic rings. The number of methoxy groups -OCH3 is 1. The van der Waals surface area contributed by atoms with Crippen molar-refractivity contribution < 1.29 is 14.3 Å². The highest BCUT2D eigenvalue weighted by molar-refractivity contribution is 5.78. The van der Waals surface area contributed by atoms with Gasteiger partial charge in [0.2, 0.25) is 5.91 Å². The van der Waals surface area contributed by atoms with Gasteiger partial charge < -0.3 is 19.7 Å². The van der Waals surface area contributed by atoms with Crippen molar-refractivity contribution in [3.8, 4) is 5.75 Å². The number of carbonyl (C=O) groups is 1. The topological polar surface area (TPSA) is 54.0 Å². The Bertz CT molecular complexity index is 612. The molecule has 2 fully saturated rings. The zero-order chi connectivity index (χ0) is 19.1. The largest absolute Gasteiger partial charge is 0.493 e. The first-order valence-electron chi connectivity index (χ1n) is 9.98. The number of nitrogens with one attached hydrogen (secondary N) is 1. The normalized spacial score (nSPS) is 19.0. The number of hydrogen-bond donors (Lipinski definition) is 1. The number of nitrogens with zero attached hydrogens (tertiary/aromatic N) is 2. The van der Waals surface area contributed by atoms with E-state index >= 15 is 0 Å². The van der Waals surface area contributed by atoms with Crippen molar-refractivity contribution in [2.75, 3.05) is 60.0 Å². The minimum absolute atomic E-state index is 0.162. The monoisotopic (exact) mass is 375 g/mol. The summed E-state index contributed by atoms with van der Waals surface area (Å²) in [5.41, 5.74) is 1.28. The second kappa shape index (κ2) is 9.53. The number of amides is 1. The van der Waals surface area contributed by atoms with Crippen LogP contribution in [0, 0.1) is 5.41 Å². The van der Waals surface area contributed by atoms with E-state index in [-0.39, 0.29) is 11.3 Å². The molecule has 6 nitrogen and oxygen atoms in total. The Hall–Kier alpha value is -1.63. The van der Waals surface area contributed by atoms with Crippen molar-refractivity contribution in [1.82, 2.24) is 15.1 Å². The van der Waals surface area contributed by atoms with Gasteiger partial charge in [0.05, 0.1) is 19.8 Å². The van der Waals surface area contributed by atoms with Crippen LogP contribution in [0.3, 0.4) is 0 Å². The standard InChI is InChI=1S/C21H33N3O3/c1-23(14-20(25)24-11-9-22-10-12-24)16-21(7-4-8-21)17-27-19-6-3-5-18(13-19)15-26-2/h3,5-6,13,22H,4,7-12,14-17H2,1-2H3. The number of piperazine rings is 1. The van der Waals surface area contributed by atoms with E-state index in [1.54, 1.807) is 7.11 Å². The molecule has 0 bridgehead atoms. The van der Waals surface area contributed by atoms with Crippen molar-refractivity contribution in [3.63, 3.8) is 0 Å². The third kappa shape index (κ3) is 5.67. The molecule has 3 rings (SSSR count). The Labute approximate surface area is 162 Å². The zero-order valence-corrected chi connectivity index (χ0v) is 16.7. The predicted octanol–water partition coefficient (Wildman–Crippen LogP) is 1.75. The van der Waals surface area contributed by atoms with Crippen LogP contribution in [0.4, 0.5) is 0 Å². The van der Waals surface area contributed by atoms with Crippen LogP contribution in [0.2, 0.25) is 0 Å². The van der Waals surface area contributed by atoms with Crippen molar-refractivity contribution in [2.24, 2.45) is 5.41 Å². The SMILES string of the molecule is COCc1cccc(OCC2(CN(C)CC(=O)N3CCNCC3)CCC2)c1. The maximum absolute atomic E-state index is 12.5. The number of benzene rings is 1. The van der Waals surface area contributed by atoms with Crippen LogP contribution in [0.25, 0.3) is 0 Å². The van der Waals surface area contributed by atoms with Crippen molar-refractivity contribution in [2.45, 2.75) is 25.9 Å². The Morgan fingerprint density at radius 1 is 1.30 bits per heavy atom. The number of hydrogen-bond acceptors (Lipinski definition) is 5. The average molecular weight is 376 g/mol. The molecule has 0 spiro atoms. The average Bonchev–Trinajstić information content (AvgIpc) is 2.65. The molecule has 1 saturated carbocycles. The molecule has 1 N–H and O–H groups in total. The van der Waals surface area contributed by atoms with Crippen LogP contribution in [-0.4, -0.2) is 75.7 Å². The van der Waals surface area contributed by atoms with Crippen molar-refractivity contribution in [3.05, 3.63) is 29.8 Å². The molecule has 27 heavy (non-hydrogen) atoms. The molecule has 1 saturated heterocycles. The van der Waals surface area contributed by atoms with Gasteiger partial charge in [-0.2, -0.15) is 0 Å². The van der Waals surface area contributed by atoms with Gasteiger partial charge >= 0.3 is 0 Å². The van der Waals surface area contributed by atoms with E-state index in [4.69, 9.17) is 9.47 Å². The fourth-order valence-electron chi connectivity index (χ4n) is 4.03. The fraction of sp³-hybridized carbons (Fsp3) is 0.667. The molecule has 150 valence electrons. The first-order chi connectivity index (χ1) is 13.1. The van der Waals surface area contributed by atoms with Crippen LogP contribution >= 0.6 is 0 Å². The molecule has 6 heteroatoms. The lowest BCUT2D eigenvalue weighted by Crippen LogP contribution is -2.51. The van der Waals surface area contributed by atoms with E-state index in [0.29, 0.717) is 19.8 Å². The summed E-state index contributed by atoms with van der Waals surface area (Å²) in [4.78, 5) is 16.6. The molecule has 0 unspecified atom stereocenters.